The maximum atomic E-state index is 13.9. The number of hydrogen-bond donors (Lipinski definition) is 3. The lowest BCUT2D eigenvalue weighted by molar-refractivity contribution is -0.370. The first-order valence-electron chi connectivity index (χ1n) is 13.1. The quantitative estimate of drug-likeness (QED) is 0.349. The minimum atomic E-state index is -2.21. The first-order chi connectivity index (χ1) is 16.7. The standard InChI is InChI=1S/C27H43NO8.ClH/c1-7-24(4)16-18(30)27(33)25(5)17(29)8-10-23(2,3)21(25)20(32)22(26(27,6)36-24)35-19(31)9-11-28-12-14-34-15-13-28;/h7,17,20-22,29,32-33H,1,8-16H2,2-6H3;1H/t17-,20?,21?,22?,24-,25?,26+,27-;/m0./s1. The van der Waals surface area contributed by atoms with Crippen molar-refractivity contribution in [3.63, 3.8) is 0 Å². The molecule has 4 unspecified atom stereocenters. The van der Waals surface area contributed by atoms with Crippen LogP contribution < -0.4 is 0 Å². The maximum Gasteiger partial charge on any atom is 0.307 e. The van der Waals surface area contributed by atoms with Gasteiger partial charge in [-0.05, 0) is 32.1 Å². The molecule has 8 atom stereocenters. The number of morpholine rings is 1. The fourth-order valence-electron chi connectivity index (χ4n) is 7.75. The molecule has 0 aromatic carbocycles. The van der Waals surface area contributed by atoms with Gasteiger partial charge in [-0.2, -0.15) is 0 Å². The van der Waals surface area contributed by atoms with Crippen molar-refractivity contribution in [3.8, 4) is 0 Å². The number of esters is 1. The van der Waals surface area contributed by atoms with E-state index in [1.165, 1.54) is 13.0 Å². The van der Waals surface area contributed by atoms with Crippen LogP contribution in [0.25, 0.3) is 0 Å². The highest BCUT2D eigenvalue weighted by Gasteiger charge is 2.81. The predicted octanol–water partition coefficient (Wildman–Crippen LogP) is 1.64. The number of rotatable bonds is 5. The van der Waals surface area contributed by atoms with E-state index in [1.807, 2.05) is 13.8 Å². The lowest BCUT2D eigenvalue weighted by atomic mass is 9.40. The van der Waals surface area contributed by atoms with E-state index in [0.717, 1.165) is 13.1 Å². The molecule has 4 rings (SSSR count). The largest absolute Gasteiger partial charge is 0.456 e. The van der Waals surface area contributed by atoms with Gasteiger partial charge >= 0.3 is 5.97 Å². The molecule has 2 saturated carbocycles. The number of ether oxygens (including phenoxy) is 3. The van der Waals surface area contributed by atoms with E-state index >= 15 is 0 Å². The third-order valence-corrected chi connectivity index (χ3v) is 9.72. The summed E-state index contributed by atoms with van der Waals surface area (Å²) in [6.07, 6.45) is -1.30. The van der Waals surface area contributed by atoms with Crippen LogP contribution in [-0.4, -0.2) is 99.9 Å². The summed E-state index contributed by atoms with van der Waals surface area (Å²) in [5, 5.41) is 35.6. The van der Waals surface area contributed by atoms with Gasteiger partial charge in [-0.1, -0.05) is 26.8 Å². The van der Waals surface area contributed by atoms with Gasteiger partial charge in [-0.3, -0.25) is 14.5 Å². The average Bonchev–Trinajstić information content (AvgIpc) is 2.81. The van der Waals surface area contributed by atoms with Gasteiger partial charge in [0.25, 0.3) is 0 Å². The Labute approximate surface area is 225 Å². The molecule has 0 amide bonds. The van der Waals surface area contributed by atoms with Crippen molar-refractivity contribution in [2.75, 3.05) is 32.8 Å². The highest BCUT2D eigenvalue weighted by molar-refractivity contribution is 5.92. The number of halogens is 1. The predicted molar refractivity (Wildman–Crippen MR) is 138 cm³/mol. The molecular weight excluding hydrogens is 502 g/mol. The fraction of sp³-hybridized carbons (Fsp3) is 0.852. The molecule has 37 heavy (non-hydrogen) atoms. The molecule has 0 spiro atoms. The molecule has 0 aromatic heterocycles. The Bertz CT molecular complexity index is 909. The number of carbonyl (C=O) groups is 2. The second kappa shape index (κ2) is 10.2. The normalized spacial score (nSPS) is 45.7. The SMILES string of the molecule is C=C[C@@]1(C)CC(=O)[C@]2(O)C3(C)C(C(O)C(OC(=O)CCN4CCOCC4)[C@@]2(C)O1)C(C)(C)CC[C@@H]3O.Cl. The van der Waals surface area contributed by atoms with Crippen molar-refractivity contribution in [3.05, 3.63) is 12.7 Å². The van der Waals surface area contributed by atoms with Crippen LogP contribution in [0.5, 0.6) is 0 Å². The van der Waals surface area contributed by atoms with Crippen molar-refractivity contribution in [1.29, 1.82) is 0 Å². The summed E-state index contributed by atoms with van der Waals surface area (Å²) in [4.78, 5) is 29.1. The molecule has 0 radical (unpaired) electrons. The number of fused-ring (bicyclic) bond motifs is 3. The van der Waals surface area contributed by atoms with Crippen LogP contribution in [0.2, 0.25) is 0 Å². The minimum Gasteiger partial charge on any atom is -0.456 e. The van der Waals surface area contributed by atoms with Gasteiger partial charge in [0.05, 0.1) is 37.4 Å². The zero-order chi connectivity index (χ0) is 26.7. The summed E-state index contributed by atoms with van der Waals surface area (Å²) in [7, 11) is 0. The van der Waals surface area contributed by atoms with Crippen LogP contribution in [0, 0.1) is 16.7 Å². The van der Waals surface area contributed by atoms with E-state index in [4.69, 9.17) is 14.2 Å². The second-order valence-electron chi connectivity index (χ2n) is 12.4. The van der Waals surface area contributed by atoms with Gasteiger partial charge < -0.3 is 29.5 Å². The number of aliphatic hydroxyl groups excluding tert-OH is 2. The molecule has 2 heterocycles. The number of Topliss-reactive ketones (excluding diaryl/α,β-unsaturated/α-hetero) is 1. The molecular formula is C27H44ClNO8. The Morgan fingerprint density at radius 1 is 1.19 bits per heavy atom. The number of carbonyl (C=O) groups excluding carboxylic acids is 2. The molecule has 0 aromatic rings. The number of aliphatic hydroxyl groups is 3. The number of hydrogen-bond acceptors (Lipinski definition) is 9. The van der Waals surface area contributed by atoms with Crippen molar-refractivity contribution >= 4 is 24.2 Å². The minimum absolute atomic E-state index is 0. The van der Waals surface area contributed by atoms with Gasteiger partial charge in [-0.15, -0.1) is 19.0 Å². The van der Waals surface area contributed by atoms with Crippen molar-refractivity contribution in [2.24, 2.45) is 16.7 Å². The van der Waals surface area contributed by atoms with Crippen molar-refractivity contribution < 1.29 is 39.1 Å². The summed E-state index contributed by atoms with van der Waals surface area (Å²) in [6.45, 7) is 15.7. The molecule has 4 aliphatic rings. The van der Waals surface area contributed by atoms with E-state index in [9.17, 15) is 24.9 Å². The smallest absolute Gasteiger partial charge is 0.307 e. The number of ketones is 1. The van der Waals surface area contributed by atoms with Gasteiger partial charge in [0.2, 0.25) is 0 Å². The summed E-state index contributed by atoms with van der Waals surface area (Å²) in [5.41, 5.74) is -7.16. The Kier molecular flexibility index (Phi) is 8.36. The van der Waals surface area contributed by atoms with Crippen LogP contribution >= 0.6 is 12.4 Å². The summed E-state index contributed by atoms with van der Waals surface area (Å²) >= 11 is 0. The molecule has 2 saturated heterocycles. The first-order valence-corrected chi connectivity index (χ1v) is 13.1. The number of nitrogens with zero attached hydrogens (tertiary/aromatic N) is 1. The van der Waals surface area contributed by atoms with Crippen LogP contribution in [0.3, 0.4) is 0 Å². The second-order valence-corrected chi connectivity index (χ2v) is 12.4. The third-order valence-electron chi connectivity index (χ3n) is 9.72. The molecule has 212 valence electrons. The maximum absolute atomic E-state index is 13.9. The van der Waals surface area contributed by atoms with E-state index in [0.29, 0.717) is 32.6 Å². The molecule has 0 bridgehead atoms. The van der Waals surface area contributed by atoms with E-state index in [1.54, 1.807) is 13.8 Å². The molecule has 9 nitrogen and oxygen atoms in total. The first kappa shape index (κ1) is 30.5. The van der Waals surface area contributed by atoms with Crippen molar-refractivity contribution in [1.82, 2.24) is 4.90 Å². The molecule has 3 N–H and O–H groups in total. The Morgan fingerprint density at radius 2 is 1.81 bits per heavy atom. The van der Waals surface area contributed by atoms with Crippen LogP contribution in [-0.2, 0) is 23.8 Å². The molecule has 10 heteroatoms. The Balaban J connectivity index is 0.00000380. The highest BCUT2D eigenvalue weighted by atomic mass is 35.5. The Morgan fingerprint density at radius 3 is 2.41 bits per heavy atom. The highest BCUT2D eigenvalue weighted by Crippen LogP contribution is 2.67. The fourth-order valence-corrected chi connectivity index (χ4v) is 7.75. The molecule has 4 fully saturated rings. The average molecular weight is 546 g/mol. The van der Waals surface area contributed by atoms with Crippen LogP contribution in [0.1, 0.15) is 60.3 Å². The van der Waals surface area contributed by atoms with Gasteiger partial charge in [0, 0.05) is 37.4 Å². The Hall–Kier alpha value is -1.07. The van der Waals surface area contributed by atoms with Crippen molar-refractivity contribution in [2.45, 2.75) is 95.4 Å². The van der Waals surface area contributed by atoms with E-state index in [-0.39, 0.29) is 25.2 Å². The van der Waals surface area contributed by atoms with Gasteiger partial charge in [0.15, 0.2) is 17.5 Å². The topological polar surface area (TPSA) is 126 Å². The van der Waals surface area contributed by atoms with E-state index in [2.05, 4.69) is 11.5 Å². The molecule has 2 aliphatic heterocycles. The van der Waals surface area contributed by atoms with Crippen LogP contribution in [0.4, 0.5) is 0 Å². The molecule has 2 aliphatic carbocycles. The van der Waals surface area contributed by atoms with Crippen LogP contribution in [0.15, 0.2) is 12.7 Å². The lowest BCUT2D eigenvalue weighted by Crippen LogP contribution is -2.86. The van der Waals surface area contributed by atoms with Gasteiger partial charge in [-0.25, -0.2) is 0 Å². The summed E-state index contributed by atoms with van der Waals surface area (Å²) in [5.74, 6) is -1.79. The lowest BCUT2D eigenvalue weighted by Gasteiger charge is -2.71. The summed E-state index contributed by atoms with van der Waals surface area (Å²) < 4.78 is 17.7. The monoisotopic (exact) mass is 545 g/mol. The van der Waals surface area contributed by atoms with Gasteiger partial charge in [0.1, 0.15) is 5.60 Å². The zero-order valence-electron chi connectivity index (χ0n) is 22.7. The van der Waals surface area contributed by atoms with E-state index < -0.39 is 63.6 Å². The third kappa shape index (κ3) is 4.48. The summed E-state index contributed by atoms with van der Waals surface area (Å²) in [6, 6.07) is 0. The zero-order valence-corrected chi connectivity index (χ0v) is 23.5.